The Hall–Kier alpha value is -1.78. The van der Waals surface area contributed by atoms with E-state index in [0.717, 1.165) is 5.56 Å². The van der Waals surface area contributed by atoms with Crippen LogP contribution in [0.4, 0.5) is 11.5 Å². The fourth-order valence-electron chi connectivity index (χ4n) is 1.53. The van der Waals surface area contributed by atoms with Crippen LogP contribution in [-0.4, -0.2) is 10.9 Å². The third-order valence-corrected chi connectivity index (χ3v) is 3.07. The average molecular weight is 296 g/mol. The van der Waals surface area contributed by atoms with Gasteiger partial charge in [0.05, 0.1) is 5.02 Å². The average Bonchev–Trinajstić information content (AvgIpc) is 2.36. The number of pyridine rings is 1. The molecule has 3 N–H and O–H groups in total. The monoisotopic (exact) mass is 295 g/mol. The second-order valence-corrected chi connectivity index (χ2v) is 4.82. The number of nitrogens with zero attached hydrogens (tertiary/aromatic N) is 1. The summed E-state index contributed by atoms with van der Waals surface area (Å²) < 4.78 is 0. The quantitative estimate of drug-likeness (QED) is 0.890. The number of nitrogens with two attached hydrogens (primary N) is 1. The van der Waals surface area contributed by atoms with Crippen molar-refractivity contribution in [3.63, 3.8) is 0 Å². The molecule has 2 rings (SSSR count). The number of hydrogen-bond acceptors (Lipinski definition) is 3. The molecular formula is C13H11Cl2N3O. The van der Waals surface area contributed by atoms with Crippen LogP contribution in [0.2, 0.25) is 10.0 Å². The van der Waals surface area contributed by atoms with Gasteiger partial charge in [0.2, 0.25) is 0 Å². The van der Waals surface area contributed by atoms with E-state index in [0.29, 0.717) is 10.7 Å². The van der Waals surface area contributed by atoms with Gasteiger partial charge in [0.15, 0.2) is 0 Å². The molecular weight excluding hydrogens is 285 g/mol. The molecule has 98 valence electrons. The molecule has 0 unspecified atom stereocenters. The maximum absolute atomic E-state index is 12.1. The Bertz CT molecular complexity index is 644. The van der Waals surface area contributed by atoms with Gasteiger partial charge in [-0.2, -0.15) is 0 Å². The Balaban J connectivity index is 2.30. The number of rotatable bonds is 2. The van der Waals surface area contributed by atoms with Crippen LogP contribution >= 0.6 is 23.2 Å². The van der Waals surface area contributed by atoms with Crippen molar-refractivity contribution >= 4 is 40.6 Å². The topological polar surface area (TPSA) is 68.0 Å². The van der Waals surface area contributed by atoms with Gasteiger partial charge >= 0.3 is 0 Å². The lowest BCUT2D eigenvalue weighted by Gasteiger charge is -2.09. The Morgan fingerprint density at radius 2 is 2.00 bits per heavy atom. The first kappa shape index (κ1) is 13.6. The van der Waals surface area contributed by atoms with Crippen LogP contribution in [-0.2, 0) is 0 Å². The van der Waals surface area contributed by atoms with E-state index in [-0.39, 0.29) is 16.5 Å². The van der Waals surface area contributed by atoms with E-state index in [9.17, 15) is 4.79 Å². The molecule has 4 nitrogen and oxygen atoms in total. The van der Waals surface area contributed by atoms with Gasteiger partial charge in [0.1, 0.15) is 11.5 Å². The molecule has 19 heavy (non-hydrogen) atoms. The summed E-state index contributed by atoms with van der Waals surface area (Å²) in [6, 6.07) is 8.28. The normalized spacial score (nSPS) is 10.3. The molecule has 0 aliphatic rings. The van der Waals surface area contributed by atoms with Crippen LogP contribution in [0.5, 0.6) is 0 Å². The predicted molar refractivity (Wildman–Crippen MR) is 77.8 cm³/mol. The standard InChI is InChI=1S/C13H11Cl2N3O/c1-7-2-3-8(14)6-10(7)17-13(19)12-9(15)4-5-11(16)18-12/h2-6H,1H3,(H2,16,18)(H,17,19). The Morgan fingerprint density at radius 3 is 2.74 bits per heavy atom. The van der Waals surface area contributed by atoms with E-state index < -0.39 is 5.91 Å². The second kappa shape index (κ2) is 5.47. The van der Waals surface area contributed by atoms with Crippen LogP contribution in [0.15, 0.2) is 30.3 Å². The Morgan fingerprint density at radius 1 is 1.26 bits per heavy atom. The summed E-state index contributed by atoms with van der Waals surface area (Å²) in [5, 5.41) is 3.49. The lowest BCUT2D eigenvalue weighted by molar-refractivity contribution is 0.102. The summed E-state index contributed by atoms with van der Waals surface area (Å²) >= 11 is 11.8. The number of hydrogen-bond donors (Lipinski definition) is 2. The highest BCUT2D eigenvalue weighted by Crippen LogP contribution is 2.22. The third-order valence-electron chi connectivity index (χ3n) is 2.53. The minimum atomic E-state index is -0.428. The highest BCUT2D eigenvalue weighted by atomic mass is 35.5. The van der Waals surface area contributed by atoms with Crippen molar-refractivity contribution in [3.8, 4) is 0 Å². The lowest BCUT2D eigenvalue weighted by Crippen LogP contribution is -2.15. The highest BCUT2D eigenvalue weighted by Gasteiger charge is 2.14. The number of amides is 1. The van der Waals surface area contributed by atoms with Crippen LogP contribution in [0.25, 0.3) is 0 Å². The van der Waals surface area contributed by atoms with Crippen molar-refractivity contribution in [1.29, 1.82) is 0 Å². The number of anilines is 2. The molecule has 1 aromatic heterocycles. The minimum absolute atomic E-state index is 0.0843. The molecule has 0 aliphatic heterocycles. The van der Waals surface area contributed by atoms with Gasteiger partial charge in [0, 0.05) is 10.7 Å². The maximum atomic E-state index is 12.1. The SMILES string of the molecule is Cc1ccc(Cl)cc1NC(=O)c1nc(N)ccc1Cl. The van der Waals surface area contributed by atoms with Crippen molar-refractivity contribution in [2.24, 2.45) is 0 Å². The maximum Gasteiger partial charge on any atom is 0.275 e. The van der Waals surface area contributed by atoms with E-state index in [2.05, 4.69) is 10.3 Å². The number of benzene rings is 1. The lowest BCUT2D eigenvalue weighted by atomic mass is 10.2. The molecule has 0 saturated heterocycles. The minimum Gasteiger partial charge on any atom is -0.384 e. The zero-order valence-corrected chi connectivity index (χ0v) is 11.6. The molecule has 6 heteroatoms. The zero-order chi connectivity index (χ0) is 14.0. The fourth-order valence-corrected chi connectivity index (χ4v) is 1.89. The summed E-state index contributed by atoms with van der Waals surface area (Å²) in [4.78, 5) is 16.0. The molecule has 0 aliphatic carbocycles. The fraction of sp³-hybridized carbons (Fsp3) is 0.0769. The summed E-state index contributed by atoms with van der Waals surface area (Å²) in [7, 11) is 0. The van der Waals surface area contributed by atoms with Gasteiger partial charge in [-0.25, -0.2) is 4.98 Å². The molecule has 0 radical (unpaired) electrons. The molecule has 0 saturated carbocycles. The second-order valence-electron chi connectivity index (χ2n) is 3.98. The van der Waals surface area contributed by atoms with E-state index in [1.54, 1.807) is 12.1 Å². The first-order valence-electron chi connectivity index (χ1n) is 5.47. The van der Waals surface area contributed by atoms with Crippen LogP contribution < -0.4 is 11.1 Å². The summed E-state index contributed by atoms with van der Waals surface area (Å²) in [5.41, 5.74) is 7.12. The van der Waals surface area contributed by atoms with Gasteiger partial charge in [-0.05, 0) is 36.8 Å². The van der Waals surface area contributed by atoms with Crippen molar-refractivity contribution in [2.75, 3.05) is 11.1 Å². The van der Waals surface area contributed by atoms with E-state index in [1.807, 2.05) is 13.0 Å². The van der Waals surface area contributed by atoms with Crippen LogP contribution in [0.3, 0.4) is 0 Å². The van der Waals surface area contributed by atoms with Crippen molar-refractivity contribution < 1.29 is 4.79 Å². The first-order valence-corrected chi connectivity index (χ1v) is 6.22. The summed E-state index contributed by atoms with van der Waals surface area (Å²) in [6.07, 6.45) is 0. The number of aryl methyl sites for hydroxylation is 1. The molecule has 1 amide bonds. The molecule has 0 atom stereocenters. The number of carbonyl (C=O) groups excluding carboxylic acids is 1. The number of halogens is 2. The van der Waals surface area contributed by atoms with Gasteiger partial charge < -0.3 is 11.1 Å². The Labute approximate surface area is 120 Å². The summed E-state index contributed by atoms with van der Waals surface area (Å²) in [6.45, 7) is 1.86. The summed E-state index contributed by atoms with van der Waals surface area (Å²) in [5.74, 6) is -0.194. The molecule has 1 aromatic carbocycles. The van der Waals surface area contributed by atoms with E-state index >= 15 is 0 Å². The molecule has 2 aromatic rings. The third kappa shape index (κ3) is 3.16. The number of nitrogens with one attached hydrogen (secondary N) is 1. The van der Waals surface area contributed by atoms with Crippen molar-refractivity contribution in [2.45, 2.75) is 6.92 Å². The van der Waals surface area contributed by atoms with E-state index in [4.69, 9.17) is 28.9 Å². The number of carbonyl (C=O) groups is 1. The molecule has 0 fully saturated rings. The number of aromatic nitrogens is 1. The van der Waals surface area contributed by atoms with Crippen molar-refractivity contribution in [1.82, 2.24) is 4.98 Å². The van der Waals surface area contributed by atoms with Crippen LogP contribution in [0.1, 0.15) is 16.1 Å². The van der Waals surface area contributed by atoms with Gasteiger partial charge in [-0.3, -0.25) is 4.79 Å². The number of nitrogen functional groups attached to an aromatic ring is 1. The van der Waals surface area contributed by atoms with Crippen molar-refractivity contribution in [3.05, 3.63) is 51.6 Å². The Kier molecular flexibility index (Phi) is 3.93. The first-order chi connectivity index (χ1) is 8.97. The van der Waals surface area contributed by atoms with E-state index in [1.165, 1.54) is 12.1 Å². The largest absolute Gasteiger partial charge is 0.384 e. The molecule has 1 heterocycles. The van der Waals surface area contributed by atoms with Gasteiger partial charge in [-0.15, -0.1) is 0 Å². The molecule has 0 spiro atoms. The molecule has 0 bridgehead atoms. The van der Waals surface area contributed by atoms with Gasteiger partial charge in [-0.1, -0.05) is 29.3 Å². The smallest absolute Gasteiger partial charge is 0.275 e. The predicted octanol–water partition coefficient (Wildman–Crippen LogP) is 3.53. The zero-order valence-electron chi connectivity index (χ0n) is 10.1. The highest BCUT2D eigenvalue weighted by molar-refractivity contribution is 6.34. The van der Waals surface area contributed by atoms with Gasteiger partial charge in [0.25, 0.3) is 5.91 Å². The van der Waals surface area contributed by atoms with Crippen LogP contribution in [0, 0.1) is 6.92 Å².